The molecule has 1 fully saturated rings. The monoisotopic (exact) mass is 544 g/mol. The Hall–Kier alpha value is 0.400. The average molecular weight is 546 g/mol. The molecule has 2 nitrogen and oxygen atoms in total. The lowest BCUT2D eigenvalue weighted by molar-refractivity contribution is 0.204. The van der Waals surface area contributed by atoms with Gasteiger partial charge in [0.1, 0.15) is 0 Å². The topological polar surface area (TPSA) is 40.5 Å². The quantitative estimate of drug-likeness (QED) is 0.0796. The van der Waals surface area contributed by atoms with E-state index in [0.29, 0.717) is 24.5 Å². The Labute approximate surface area is 222 Å². The van der Waals surface area contributed by atoms with Gasteiger partial charge in [-0.3, -0.25) is 0 Å². The molecule has 0 aromatic rings. The van der Waals surface area contributed by atoms with Gasteiger partial charge in [-0.2, -0.15) is 0 Å². The number of hydrogen-bond acceptors (Lipinski definition) is 2. The number of aliphatic hydroxyl groups excluding tert-OH is 2. The van der Waals surface area contributed by atoms with E-state index in [9.17, 15) is 5.11 Å². The third-order valence-electron chi connectivity index (χ3n) is 8.64. The van der Waals surface area contributed by atoms with Crippen LogP contribution >= 0.6 is 15.9 Å². The van der Waals surface area contributed by atoms with Crippen molar-refractivity contribution in [2.24, 2.45) is 17.3 Å². The zero-order valence-corrected chi connectivity index (χ0v) is 24.6. The lowest BCUT2D eigenvalue weighted by atomic mass is 9.87. The minimum Gasteiger partial charge on any atom is -0.396 e. The van der Waals surface area contributed by atoms with Gasteiger partial charge in [-0.15, -0.1) is 0 Å². The van der Waals surface area contributed by atoms with Crippen LogP contribution in [0.25, 0.3) is 0 Å². The molecule has 204 valence electrons. The molecule has 1 rings (SSSR count). The van der Waals surface area contributed by atoms with Crippen LogP contribution in [0.4, 0.5) is 0 Å². The standard InChI is InChI=1S/C31H61BrO2/c1-2-3-4-13-20-29(28-34)21-14-12-15-22-30-27-31(30,24-17-9-10-18-25-32)23-16-8-6-5-7-11-19-26-33/h29-30,33-34H,2-28H2,1H3. The number of rotatable bonds is 27. The van der Waals surface area contributed by atoms with Gasteiger partial charge in [0.2, 0.25) is 0 Å². The Morgan fingerprint density at radius 2 is 1.21 bits per heavy atom. The van der Waals surface area contributed by atoms with E-state index < -0.39 is 0 Å². The summed E-state index contributed by atoms with van der Waals surface area (Å²) in [6.45, 7) is 3.03. The van der Waals surface area contributed by atoms with Crippen molar-refractivity contribution in [2.45, 2.75) is 161 Å². The fourth-order valence-corrected chi connectivity index (χ4v) is 6.56. The summed E-state index contributed by atoms with van der Waals surface area (Å²) in [7, 11) is 0. The van der Waals surface area contributed by atoms with E-state index in [0.717, 1.165) is 17.7 Å². The molecular weight excluding hydrogens is 484 g/mol. The molecule has 0 aromatic heterocycles. The summed E-state index contributed by atoms with van der Waals surface area (Å²) in [5.41, 5.74) is 0.707. The van der Waals surface area contributed by atoms with E-state index >= 15 is 0 Å². The maximum Gasteiger partial charge on any atom is 0.0459 e. The van der Waals surface area contributed by atoms with Crippen molar-refractivity contribution in [1.29, 1.82) is 0 Å². The Balaban J connectivity index is 2.21. The van der Waals surface area contributed by atoms with Gasteiger partial charge in [0.05, 0.1) is 0 Å². The molecule has 1 saturated carbocycles. The van der Waals surface area contributed by atoms with Gasteiger partial charge < -0.3 is 10.2 Å². The van der Waals surface area contributed by atoms with Crippen LogP contribution < -0.4 is 0 Å². The molecule has 0 amide bonds. The largest absolute Gasteiger partial charge is 0.396 e. The van der Waals surface area contributed by atoms with E-state index in [1.54, 1.807) is 0 Å². The molecule has 0 spiro atoms. The lowest BCUT2D eigenvalue weighted by Crippen LogP contribution is -2.07. The van der Waals surface area contributed by atoms with Gasteiger partial charge in [0, 0.05) is 18.5 Å². The molecule has 34 heavy (non-hydrogen) atoms. The first-order chi connectivity index (χ1) is 16.7. The van der Waals surface area contributed by atoms with Crippen LogP contribution in [0.2, 0.25) is 0 Å². The zero-order chi connectivity index (χ0) is 24.7. The van der Waals surface area contributed by atoms with Crippen molar-refractivity contribution in [2.75, 3.05) is 18.5 Å². The Morgan fingerprint density at radius 1 is 0.676 bits per heavy atom. The molecule has 0 saturated heterocycles. The predicted molar refractivity (Wildman–Crippen MR) is 154 cm³/mol. The summed E-state index contributed by atoms with van der Waals surface area (Å²) in [5, 5.41) is 19.8. The molecule has 3 unspecified atom stereocenters. The SMILES string of the molecule is CCCCCCC(CO)CCCCCC1CC1(CCCCCCBr)CCCCCCCCCO. The lowest BCUT2D eigenvalue weighted by Gasteiger charge is -2.18. The number of alkyl halides is 1. The fraction of sp³-hybridized carbons (Fsp3) is 1.00. The van der Waals surface area contributed by atoms with E-state index in [1.807, 2.05) is 0 Å². The molecule has 1 aliphatic rings. The summed E-state index contributed by atoms with van der Waals surface area (Å²) in [6, 6.07) is 0. The summed E-state index contributed by atoms with van der Waals surface area (Å²) in [4.78, 5) is 0. The maximum absolute atomic E-state index is 9.70. The van der Waals surface area contributed by atoms with Gasteiger partial charge in [0.25, 0.3) is 0 Å². The summed E-state index contributed by atoms with van der Waals surface area (Å²) in [5.74, 6) is 1.57. The van der Waals surface area contributed by atoms with Crippen molar-refractivity contribution in [3.63, 3.8) is 0 Å². The molecule has 1 aliphatic carbocycles. The summed E-state index contributed by atoms with van der Waals surface area (Å²) < 4.78 is 0. The number of unbranched alkanes of at least 4 members (excludes halogenated alkanes) is 14. The number of halogens is 1. The molecule has 0 aromatic carbocycles. The van der Waals surface area contributed by atoms with Crippen LogP contribution in [0.15, 0.2) is 0 Å². The van der Waals surface area contributed by atoms with Crippen molar-refractivity contribution < 1.29 is 10.2 Å². The third-order valence-corrected chi connectivity index (χ3v) is 9.20. The molecule has 3 atom stereocenters. The van der Waals surface area contributed by atoms with Crippen molar-refractivity contribution >= 4 is 15.9 Å². The predicted octanol–water partition coefficient (Wildman–Crippen LogP) is 9.98. The van der Waals surface area contributed by atoms with E-state index in [2.05, 4.69) is 22.9 Å². The van der Waals surface area contributed by atoms with Gasteiger partial charge in [0.15, 0.2) is 0 Å². The second-order valence-electron chi connectivity index (χ2n) is 11.6. The smallest absolute Gasteiger partial charge is 0.0459 e. The molecular formula is C31H61BrO2. The first-order valence-electron chi connectivity index (χ1n) is 15.5. The average Bonchev–Trinajstić information content (AvgIpc) is 3.54. The van der Waals surface area contributed by atoms with E-state index in [4.69, 9.17) is 5.11 Å². The van der Waals surface area contributed by atoms with Gasteiger partial charge in [-0.25, -0.2) is 0 Å². The first kappa shape index (κ1) is 32.4. The van der Waals surface area contributed by atoms with E-state index in [1.165, 1.54) is 148 Å². The van der Waals surface area contributed by atoms with Gasteiger partial charge >= 0.3 is 0 Å². The maximum atomic E-state index is 9.70. The first-order valence-corrected chi connectivity index (χ1v) is 16.6. The van der Waals surface area contributed by atoms with Crippen LogP contribution in [-0.2, 0) is 0 Å². The number of hydrogen-bond donors (Lipinski definition) is 2. The molecule has 0 radical (unpaired) electrons. The highest BCUT2D eigenvalue weighted by Crippen LogP contribution is 2.61. The van der Waals surface area contributed by atoms with Crippen LogP contribution in [0.3, 0.4) is 0 Å². The minimum absolute atomic E-state index is 0.362. The molecule has 3 heteroatoms. The molecule has 0 heterocycles. The highest BCUT2D eigenvalue weighted by molar-refractivity contribution is 9.09. The van der Waals surface area contributed by atoms with Crippen LogP contribution in [0.5, 0.6) is 0 Å². The fourth-order valence-electron chi connectivity index (χ4n) is 6.16. The second kappa shape index (κ2) is 22.6. The van der Waals surface area contributed by atoms with Gasteiger partial charge in [-0.1, -0.05) is 126 Å². The van der Waals surface area contributed by atoms with Crippen LogP contribution in [0, 0.1) is 17.3 Å². The van der Waals surface area contributed by atoms with Crippen LogP contribution in [-0.4, -0.2) is 28.8 Å². The normalized spacial score (nSPS) is 20.6. The Morgan fingerprint density at radius 3 is 1.76 bits per heavy atom. The van der Waals surface area contributed by atoms with Crippen molar-refractivity contribution in [1.82, 2.24) is 0 Å². The zero-order valence-electron chi connectivity index (χ0n) is 23.0. The Bertz CT molecular complexity index is 430. The Kier molecular flexibility index (Phi) is 21.5. The highest BCUT2D eigenvalue weighted by Gasteiger charge is 2.51. The second-order valence-corrected chi connectivity index (χ2v) is 12.4. The molecule has 0 aliphatic heterocycles. The van der Waals surface area contributed by atoms with Crippen molar-refractivity contribution in [3.8, 4) is 0 Å². The third kappa shape index (κ3) is 16.2. The van der Waals surface area contributed by atoms with Gasteiger partial charge in [-0.05, 0) is 68.6 Å². The number of aliphatic hydroxyl groups is 2. The van der Waals surface area contributed by atoms with E-state index in [-0.39, 0.29) is 0 Å². The summed E-state index contributed by atoms with van der Waals surface area (Å²) in [6.07, 6.45) is 32.5. The highest BCUT2D eigenvalue weighted by atomic mass is 79.9. The molecule has 2 N–H and O–H groups in total. The van der Waals surface area contributed by atoms with Crippen molar-refractivity contribution in [3.05, 3.63) is 0 Å². The van der Waals surface area contributed by atoms with Crippen LogP contribution in [0.1, 0.15) is 161 Å². The summed E-state index contributed by atoms with van der Waals surface area (Å²) >= 11 is 3.58. The molecule has 0 bridgehead atoms. The minimum atomic E-state index is 0.362.